The number of halogens is 2. The minimum absolute atomic E-state index is 0.139. The van der Waals surface area contributed by atoms with E-state index in [0.717, 1.165) is 5.56 Å². The maximum absolute atomic E-state index is 14.4. The lowest BCUT2D eigenvalue weighted by Crippen LogP contribution is -2.40. The molecule has 11 heteroatoms. The number of nitrogens with zero attached hydrogens (tertiary/aromatic N) is 2. The highest BCUT2D eigenvalue weighted by Crippen LogP contribution is 2.38. The van der Waals surface area contributed by atoms with Gasteiger partial charge in [0, 0.05) is 21.2 Å². The van der Waals surface area contributed by atoms with Crippen LogP contribution in [0.2, 0.25) is 10.0 Å². The maximum Gasteiger partial charge on any atom is 0.338 e. The first-order valence-electron chi connectivity index (χ1n) is 15.0. The van der Waals surface area contributed by atoms with Crippen molar-refractivity contribution >= 4 is 52.3 Å². The molecule has 0 fully saturated rings. The normalized spacial score (nSPS) is 14.3. The Labute approximate surface area is 290 Å². The average molecular weight is 702 g/mol. The number of carbonyl (C=O) groups is 1. The van der Waals surface area contributed by atoms with Crippen LogP contribution in [0.4, 0.5) is 0 Å². The molecule has 0 N–H and O–H groups in total. The Morgan fingerprint density at radius 2 is 1.65 bits per heavy atom. The molecule has 0 saturated carbocycles. The fraction of sp³-hybridized carbons (Fsp3) is 0.162. The number of esters is 1. The molecule has 244 valence electrons. The van der Waals surface area contributed by atoms with Gasteiger partial charge in [0.25, 0.3) is 5.56 Å². The number of methoxy groups -OCH3 is 2. The van der Waals surface area contributed by atoms with E-state index in [-0.39, 0.29) is 24.3 Å². The molecule has 0 saturated heterocycles. The molecule has 48 heavy (non-hydrogen) atoms. The molecule has 0 spiro atoms. The molecule has 0 unspecified atom stereocenters. The number of aromatic nitrogens is 1. The summed E-state index contributed by atoms with van der Waals surface area (Å²) in [6.07, 6.45) is 1.73. The molecule has 0 radical (unpaired) electrons. The Morgan fingerprint density at radius 3 is 2.38 bits per heavy atom. The van der Waals surface area contributed by atoms with E-state index in [1.54, 1.807) is 62.6 Å². The van der Waals surface area contributed by atoms with Gasteiger partial charge < -0.3 is 18.9 Å². The van der Waals surface area contributed by atoms with Crippen LogP contribution in [0.25, 0.3) is 11.8 Å². The lowest BCUT2D eigenvalue weighted by Gasteiger charge is -2.26. The van der Waals surface area contributed by atoms with E-state index in [4.69, 9.17) is 47.1 Å². The summed E-state index contributed by atoms with van der Waals surface area (Å²) in [7, 11) is 3.07. The summed E-state index contributed by atoms with van der Waals surface area (Å²) in [4.78, 5) is 33.5. The van der Waals surface area contributed by atoms with Crippen molar-refractivity contribution in [3.63, 3.8) is 0 Å². The molecule has 4 aromatic carbocycles. The number of thiazole rings is 1. The first-order valence-corrected chi connectivity index (χ1v) is 16.6. The minimum Gasteiger partial charge on any atom is -0.493 e. The van der Waals surface area contributed by atoms with Gasteiger partial charge in [-0.1, -0.05) is 83.1 Å². The topological polar surface area (TPSA) is 88.4 Å². The highest BCUT2D eigenvalue weighted by atomic mass is 35.5. The zero-order valence-electron chi connectivity index (χ0n) is 26.2. The highest BCUT2D eigenvalue weighted by molar-refractivity contribution is 7.07. The number of carbonyl (C=O) groups excluding carboxylic acids is 1. The predicted molar refractivity (Wildman–Crippen MR) is 188 cm³/mol. The molecule has 2 heterocycles. The van der Waals surface area contributed by atoms with Crippen molar-refractivity contribution in [2.75, 3.05) is 20.8 Å². The fourth-order valence-corrected chi connectivity index (χ4v) is 6.86. The van der Waals surface area contributed by atoms with Crippen molar-refractivity contribution in [2.45, 2.75) is 19.6 Å². The maximum atomic E-state index is 14.4. The van der Waals surface area contributed by atoms with Gasteiger partial charge >= 0.3 is 5.97 Å². The SMILES string of the molecule is CCOC(=O)C1=C(c2ccccc2)N=c2s/c(=C\c3cc(Cl)ccc3OCc3cccc(Cl)c3)c(=O)n2[C@H]1c1ccc(OC)c(OC)c1. The van der Waals surface area contributed by atoms with Gasteiger partial charge in [0.2, 0.25) is 0 Å². The predicted octanol–water partition coefficient (Wildman–Crippen LogP) is 6.84. The molecule has 5 aromatic rings. The lowest BCUT2D eigenvalue weighted by molar-refractivity contribution is -0.138. The molecule has 1 aliphatic rings. The third-order valence-electron chi connectivity index (χ3n) is 7.64. The Bertz CT molecular complexity index is 2210. The quantitative estimate of drug-likeness (QED) is 0.148. The molecule has 6 rings (SSSR count). The van der Waals surface area contributed by atoms with Crippen LogP contribution in [0.5, 0.6) is 17.2 Å². The van der Waals surface area contributed by atoms with E-state index in [0.29, 0.717) is 59.0 Å². The Hall–Kier alpha value is -4.83. The van der Waals surface area contributed by atoms with Crippen LogP contribution in [0.3, 0.4) is 0 Å². The highest BCUT2D eigenvalue weighted by Gasteiger charge is 2.35. The summed E-state index contributed by atoms with van der Waals surface area (Å²) in [5, 5.41) is 1.08. The van der Waals surface area contributed by atoms with Crippen LogP contribution in [-0.2, 0) is 16.1 Å². The summed E-state index contributed by atoms with van der Waals surface area (Å²) in [6.45, 7) is 2.13. The third-order valence-corrected chi connectivity index (χ3v) is 9.09. The number of hydrogen-bond acceptors (Lipinski definition) is 8. The van der Waals surface area contributed by atoms with Crippen molar-refractivity contribution in [1.29, 1.82) is 0 Å². The van der Waals surface area contributed by atoms with Gasteiger partial charge in [-0.15, -0.1) is 0 Å². The summed E-state index contributed by atoms with van der Waals surface area (Å²) in [5.74, 6) is 0.892. The van der Waals surface area contributed by atoms with Crippen LogP contribution in [0, 0.1) is 0 Å². The molecule has 0 amide bonds. The van der Waals surface area contributed by atoms with Crippen LogP contribution in [-0.4, -0.2) is 31.4 Å². The van der Waals surface area contributed by atoms with E-state index in [1.807, 2.05) is 48.5 Å². The standard InChI is InChI=1S/C37H30Cl2N2O6S/c1-4-46-36(43)32-33(23-10-6-5-7-11-23)40-37-41(34(32)24-13-15-29(44-2)30(19-24)45-3)35(42)31(48-37)20-25-18-27(39)14-16-28(25)47-21-22-9-8-12-26(38)17-22/h5-20,34H,4,21H2,1-3H3/b31-20-/t34-/m0/s1. The number of hydrogen-bond donors (Lipinski definition) is 0. The van der Waals surface area contributed by atoms with E-state index >= 15 is 0 Å². The average Bonchev–Trinajstić information content (AvgIpc) is 3.41. The number of rotatable bonds is 10. The second-order valence-corrected chi connectivity index (χ2v) is 12.5. The van der Waals surface area contributed by atoms with E-state index in [1.165, 1.54) is 23.0 Å². The van der Waals surface area contributed by atoms with E-state index < -0.39 is 12.0 Å². The number of benzene rings is 4. The molecule has 1 aliphatic heterocycles. The fourth-order valence-electron chi connectivity index (χ4n) is 5.47. The largest absolute Gasteiger partial charge is 0.493 e. The first kappa shape index (κ1) is 33.1. The van der Waals surface area contributed by atoms with Crippen molar-refractivity contribution in [1.82, 2.24) is 4.57 Å². The second kappa shape index (κ2) is 14.5. The van der Waals surface area contributed by atoms with Gasteiger partial charge in [-0.05, 0) is 66.6 Å². The zero-order valence-corrected chi connectivity index (χ0v) is 28.6. The van der Waals surface area contributed by atoms with Gasteiger partial charge in [-0.2, -0.15) is 0 Å². The Morgan fingerprint density at radius 1 is 0.896 bits per heavy atom. The molecule has 1 atom stereocenters. The lowest BCUT2D eigenvalue weighted by atomic mass is 9.93. The van der Waals surface area contributed by atoms with Gasteiger partial charge in [-0.25, -0.2) is 9.79 Å². The van der Waals surface area contributed by atoms with Crippen molar-refractivity contribution in [3.05, 3.63) is 149 Å². The van der Waals surface area contributed by atoms with Crippen molar-refractivity contribution in [3.8, 4) is 17.2 Å². The molecule has 0 bridgehead atoms. The summed E-state index contributed by atoms with van der Waals surface area (Å²) >= 11 is 13.8. The molecule has 8 nitrogen and oxygen atoms in total. The second-order valence-electron chi connectivity index (χ2n) is 10.6. The van der Waals surface area contributed by atoms with E-state index in [9.17, 15) is 9.59 Å². The van der Waals surface area contributed by atoms with Crippen molar-refractivity contribution in [2.24, 2.45) is 4.99 Å². The van der Waals surface area contributed by atoms with Crippen LogP contribution < -0.4 is 29.1 Å². The van der Waals surface area contributed by atoms with Crippen LogP contribution in [0.15, 0.2) is 106 Å². The van der Waals surface area contributed by atoms with E-state index in [2.05, 4.69) is 0 Å². The monoisotopic (exact) mass is 700 g/mol. The number of ether oxygens (including phenoxy) is 4. The number of fused-ring (bicyclic) bond motifs is 1. The van der Waals surface area contributed by atoms with Gasteiger partial charge in [0.15, 0.2) is 16.3 Å². The minimum atomic E-state index is -0.893. The first-order chi connectivity index (χ1) is 23.3. The van der Waals surface area contributed by atoms with Crippen LogP contribution >= 0.6 is 34.5 Å². The molecular weight excluding hydrogens is 671 g/mol. The Balaban J connectivity index is 1.56. The molecule has 0 aliphatic carbocycles. The Kier molecular flexibility index (Phi) is 10.0. The summed E-state index contributed by atoms with van der Waals surface area (Å²) in [5.41, 5.74) is 3.09. The van der Waals surface area contributed by atoms with Crippen molar-refractivity contribution < 1.29 is 23.7 Å². The smallest absolute Gasteiger partial charge is 0.338 e. The zero-order chi connectivity index (χ0) is 33.8. The van der Waals surface area contributed by atoms with Gasteiger partial charge in [0.1, 0.15) is 12.4 Å². The third kappa shape index (κ3) is 6.75. The summed E-state index contributed by atoms with van der Waals surface area (Å²) in [6, 6.07) is 26.4. The van der Waals surface area contributed by atoms with Crippen LogP contribution in [0.1, 0.15) is 35.2 Å². The van der Waals surface area contributed by atoms with Gasteiger partial charge in [0.05, 0.1) is 42.7 Å². The molecule has 1 aromatic heterocycles. The summed E-state index contributed by atoms with van der Waals surface area (Å²) < 4.78 is 24.7. The van der Waals surface area contributed by atoms with Gasteiger partial charge in [-0.3, -0.25) is 9.36 Å². The molecular formula is C37H30Cl2N2O6S.